The molecule has 0 spiro atoms. The molecule has 0 fully saturated rings. The third-order valence-electron chi connectivity index (χ3n) is 1.67. The highest BCUT2D eigenvalue weighted by molar-refractivity contribution is 5.72. The highest BCUT2D eigenvalue weighted by atomic mass is 16.5. The third-order valence-corrected chi connectivity index (χ3v) is 1.67. The van der Waals surface area contributed by atoms with Crippen LogP contribution in [0.5, 0.6) is 0 Å². The van der Waals surface area contributed by atoms with Crippen LogP contribution in [0.25, 0.3) is 0 Å². The molecule has 0 unspecified atom stereocenters. The van der Waals surface area contributed by atoms with Gasteiger partial charge in [-0.15, -0.1) is 5.92 Å². The van der Waals surface area contributed by atoms with Crippen molar-refractivity contribution in [2.45, 2.75) is 13.3 Å². The topological polar surface area (TPSA) is 26.3 Å². The van der Waals surface area contributed by atoms with Crippen molar-refractivity contribution in [2.24, 2.45) is 0 Å². The quantitative estimate of drug-likeness (QED) is 0.534. The zero-order chi connectivity index (χ0) is 10.2. The zero-order valence-electron chi connectivity index (χ0n) is 8.12. The van der Waals surface area contributed by atoms with E-state index in [2.05, 4.69) is 11.8 Å². The molecule has 2 heteroatoms. The number of ether oxygens (including phenoxy) is 1. The van der Waals surface area contributed by atoms with Crippen LogP contribution in [-0.4, -0.2) is 12.6 Å². The van der Waals surface area contributed by atoms with E-state index in [1.807, 2.05) is 30.3 Å². The molecule has 1 aromatic rings. The molecule has 0 N–H and O–H groups in total. The molecule has 0 heterocycles. The summed E-state index contributed by atoms with van der Waals surface area (Å²) in [4.78, 5) is 11.2. The smallest absolute Gasteiger partial charge is 0.311 e. The van der Waals surface area contributed by atoms with Crippen molar-refractivity contribution in [3.63, 3.8) is 0 Å². The molecule has 0 saturated heterocycles. The Morgan fingerprint density at radius 3 is 2.71 bits per heavy atom. The predicted molar refractivity (Wildman–Crippen MR) is 54.6 cm³/mol. The molecule has 2 nitrogen and oxygen atoms in total. The number of esters is 1. The summed E-state index contributed by atoms with van der Waals surface area (Å²) in [5, 5.41) is 0. The Bertz CT molecular complexity index is 344. The minimum Gasteiger partial charge on any atom is -0.452 e. The summed E-state index contributed by atoms with van der Waals surface area (Å²) in [6.07, 6.45) is 0.312. The van der Waals surface area contributed by atoms with Gasteiger partial charge in [-0.1, -0.05) is 36.3 Å². The van der Waals surface area contributed by atoms with Crippen molar-refractivity contribution in [1.29, 1.82) is 0 Å². The Morgan fingerprint density at radius 2 is 2.07 bits per heavy atom. The summed E-state index contributed by atoms with van der Waals surface area (Å²) >= 11 is 0. The Labute approximate surface area is 83.9 Å². The van der Waals surface area contributed by atoms with E-state index in [1.54, 1.807) is 6.92 Å². The highest BCUT2D eigenvalue weighted by Gasteiger charge is 2.02. The highest BCUT2D eigenvalue weighted by Crippen LogP contribution is 2.00. The average molecular weight is 188 g/mol. The van der Waals surface area contributed by atoms with Crippen LogP contribution < -0.4 is 0 Å². The molecular weight excluding hydrogens is 176 g/mol. The minimum atomic E-state index is -0.237. The van der Waals surface area contributed by atoms with Gasteiger partial charge in [-0.2, -0.15) is 0 Å². The maximum Gasteiger partial charge on any atom is 0.311 e. The van der Waals surface area contributed by atoms with E-state index in [9.17, 15) is 4.79 Å². The molecular formula is C12H12O2. The minimum absolute atomic E-state index is 0.183. The summed E-state index contributed by atoms with van der Waals surface area (Å²) in [6, 6.07) is 9.50. The van der Waals surface area contributed by atoms with E-state index in [0.29, 0.717) is 6.42 Å². The van der Waals surface area contributed by atoms with Crippen LogP contribution in [-0.2, 0) is 16.0 Å². The van der Waals surface area contributed by atoms with Crippen LogP contribution in [0.4, 0.5) is 0 Å². The summed E-state index contributed by atoms with van der Waals surface area (Å²) in [5.74, 6) is 5.09. The Hall–Kier alpha value is -1.75. The first-order valence-electron chi connectivity index (χ1n) is 4.42. The maximum absolute atomic E-state index is 11.2. The van der Waals surface area contributed by atoms with Gasteiger partial charge in [-0.3, -0.25) is 4.79 Å². The van der Waals surface area contributed by atoms with Crippen molar-refractivity contribution in [3.05, 3.63) is 35.9 Å². The normalized spacial score (nSPS) is 8.64. The fraction of sp³-hybridized carbons (Fsp3) is 0.250. The molecule has 0 radical (unpaired) electrons. The van der Waals surface area contributed by atoms with Crippen LogP contribution in [0.15, 0.2) is 30.3 Å². The van der Waals surface area contributed by atoms with Gasteiger partial charge in [0.25, 0.3) is 0 Å². The van der Waals surface area contributed by atoms with Gasteiger partial charge in [0, 0.05) is 0 Å². The van der Waals surface area contributed by atoms with Crippen molar-refractivity contribution in [1.82, 2.24) is 0 Å². The molecule has 0 aliphatic carbocycles. The van der Waals surface area contributed by atoms with E-state index in [0.717, 1.165) is 5.56 Å². The largest absolute Gasteiger partial charge is 0.452 e. The van der Waals surface area contributed by atoms with Gasteiger partial charge in [0.1, 0.15) is 0 Å². The van der Waals surface area contributed by atoms with Crippen molar-refractivity contribution >= 4 is 5.97 Å². The molecule has 72 valence electrons. The predicted octanol–water partition coefficient (Wildman–Crippen LogP) is 1.80. The summed E-state index contributed by atoms with van der Waals surface area (Å²) in [6.45, 7) is 1.90. The number of hydrogen-bond acceptors (Lipinski definition) is 2. The molecule has 0 aromatic heterocycles. The number of carbonyl (C=O) groups is 1. The van der Waals surface area contributed by atoms with E-state index in [-0.39, 0.29) is 12.6 Å². The lowest BCUT2D eigenvalue weighted by molar-refractivity contribution is -0.141. The van der Waals surface area contributed by atoms with Gasteiger partial charge in [-0.25, -0.2) is 0 Å². The molecule has 1 aromatic carbocycles. The molecule has 0 aliphatic heterocycles. The lowest BCUT2D eigenvalue weighted by Crippen LogP contribution is -2.07. The molecule has 1 rings (SSSR count). The van der Waals surface area contributed by atoms with Crippen LogP contribution >= 0.6 is 0 Å². The molecule has 0 aliphatic rings. The molecule has 0 bridgehead atoms. The number of hydrogen-bond donors (Lipinski definition) is 0. The standard InChI is InChI=1S/C12H12O2/c1-2-3-9-14-12(13)10-11-7-5-4-6-8-11/h4-8H,9-10H2,1H3. The van der Waals surface area contributed by atoms with Gasteiger partial charge in [0.15, 0.2) is 6.61 Å². The van der Waals surface area contributed by atoms with Gasteiger partial charge >= 0.3 is 5.97 Å². The fourth-order valence-electron chi connectivity index (χ4n) is 1.00. The zero-order valence-corrected chi connectivity index (χ0v) is 8.12. The lowest BCUT2D eigenvalue weighted by atomic mass is 10.2. The summed E-state index contributed by atoms with van der Waals surface area (Å²) in [5.41, 5.74) is 0.960. The number of rotatable bonds is 3. The van der Waals surface area contributed by atoms with Gasteiger partial charge in [-0.05, 0) is 12.5 Å². The van der Waals surface area contributed by atoms with Gasteiger partial charge in [0.05, 0.1) is 6.42 Å². The Morgan fingerprint density at radius 1 is 1.36 bits per heavy atom. The van der Waals surface area contributed by atoms with Crippen LogP contribution in [0.1, 0.15) is 12.5 Å². The van der Waals surface area contributed by atoms with Gasteiger partial charge in [0.2, 0.25) is 0 Å². The molecule has 14 heavy (non-hydrogen) atoms. The van der Waals surface area contributed by atoms with Crippen molar-refractivity contribution < 1.29 is 9.53 Å². The summed E-state index contributed by atoms with van der Waals surface area (Å²) in [7, 11) is 0. The maximum atomic E-state index is 11.2. The number of carbonyl (C=O) groups excluding carboxylic acids is 1. The monoisotopic (exact) mass is 188 g/mol. The first-order valence-corrected chi connectivity index (χ1v) is 4.42. The lowest BCUT2D eigenvalue weighted by Gasteiger charge is -2.00. The molecule has 0 atom stereocenters. The molecule has 0 saturated carbocycles. The molecule has 0 amide bonds. The summed E-state index contributed by atoms with van der Waals surface area (Å²) < 4.78 is 4.87. The Balaban J connectivity index is 2.37. The van der Waals surface area contributed by atoms with Crippen LogP contribution in [0, 0.1) is 11.8 Å². The van der Waals surface area contributed by atoms with E-state index >= 15 is 0 Å². The van der Waals surface area contributed by atoms with E-state index < -0.39 is 0 Å². The second-order valence-electron chi connectivity index (χ2n) is 2.75. The SMILES string of the molecule is CC#CCOC(=O)Cc1ccccc1. The third kappa shape index (κ3) is 3.77. The van der Waals surface area contributed by atoms with Crippen LogP contribution in [0.2, 0.25) is 0 Å². The fourth-order valence-corrected chi connectivity index (χ4v) is 1.00. The van der Waals surface area contributed by atoms with Crippen molar-refractivity contribution in [2.75, 3.05) is 6.61 Å². The van der Waals surface area contributed by atoms with Crippen LogP contribution in [0.3, 0.4) is 0 Å². The van der Waals surface area contributed by atoms with E-state index in [4.69, 9.17) is 4.74 Å². The second-order valence-corrected chi connectivity index (χ2v) is 2.75. The second kappa shape index (κ2) is 5.82. The average Bonchev–Trinajstić information content (AvgIpc) is 2.20. The number of benzene rings is 1. The Kier molecular flexibility index (Phi) is 4.30. The first kappa shape index (κ1) is 10.3. The first-order chi connectivity index (χ1) is 6.83. The van der Waals surface area contributed by atoms with E-state index in [1.165, 1.54) is 0 Å². The van der Waals surface area contributed by atoms with Crippen molar-refractivity contribution in [3.8, 4) is 11.8 Å². The van der Waals surface area contributed by atoms with Gasteiger partial charge < -0.3 is 4.74 Å².